The van der Waals surface area contributed by atoms with E-state index in [0.717, 1.165) is 0 Å². The van der Waals surface area contributed by atoms with E-state index in [-0.39, 0.29) is 25.2 Å². The van der Waals surface area contributed by atoms with Crippen molar-refractivity contribution in [2.75, 3.05) is 0 Å². The topological polar surface area (TPSA) is 75.6 Å². The first kappa shape index (κ1) is 20.6. The Morgan fingerprint density at radius 3 is 1.96 bits per heavy atom. The van der Waals surface area contributed by atoms with E-state index in [1.165, 1.54) is 6.92 Å². The number of aliphatic carboxylic acids is 1. The van der Waals surface area contributed by atoms with Crippen LogP contribution < -0.4 is 5.32 Å². The summed E-state index contributed by atoms with van der Waals surface area (Å²) in [5.74, 6) is -2.73. The predicted molar refractivity (Wildman–Crippen MR) is 81.5 cm³/mol. The molecule has 0 spiro atoms. The largest absolute Gasteiger partial charge is 0.480 e. The smallest absolute Gasteiger partial charge is 0.408 e. The van der Waals surface area contributed by atoms with Gasteiger partial charge in [-0.1, -0.05) is 0 Å². The quantitative estimate of drug-likeness (QED) is 0.797. The van der Waals surface area contributed by atoms with Crippen molar-refractivity contribution >= 4 is 12.1 Å². The van der Waals surface area contributed by atoms with Gasteiger partial charge in [0, 0.05) is 0 Å². The fourth-order valence-electron chi connectivity index (χ4n) is 2.99. The van der Waals surface area contributed by atoms with E-state index in [1.54, 1.807) is 20.8 Å². The summed E-state index contributed by atoms with van der Waals surface area (Å²) < 4.78 is 43.2. The van der Waals surface area contributed by atoms with E-state index in [1.807, 2.05) is 0 Å². The molecule has 8 heteroatoms. The number of carbonyl (C=O) groups excluding carboxylic acids is 1. The van der Waals surface area contributed by atoms with Gasteiger partial charge in [-0.25, -0.2) is 9.59 Å². The molecule has 5 nitrogen and oxygen atoms in total. The fraction of sp³-hybridized carbons (Fsp3) is 0.875. The molecule has 0 bridgehead atoms. The van der Waals surface area contributed by atoms with Gasteiger partial charge in [0.15, 0.2) is 0 Å². The SMILES string of the molecule is CC(C)(C)OC(=O)NC(C)(CC1CCC(C(F)(F)F)CC1)C(=O)O. The van der Waals surface area contributed by atoms with E-state index in [4.69, 9.17) is 4.74 Å². The van der Waals surface area contributed by atoms with Gasteiger partial charge in [0.1, 0.15) is 11.1 Å². The third-order valence-corrected chi connectivity index (χ3v) is 4.26. The highest BCUT2D eigenvalue weighted by atomic mass is 19.4. The molecule has 0 aliphatic heterocycles. The van der Waals surface area contributed by atoms with Crippen molar-refractivity contribution < 1.29 is 32.6 Å². The number of hydrogen-bond donors (Lipinski definition) is 2. The van der Waals surface area contributed by atoms with Crippen LogP contribution in [0.5, 0.6) is 0 Å². The van der Waals surface area contributed by atoms with Gasteiger partial charge in [-0.05, 0) is 65.7 Å². The standard InChI is InChI=1S/C16H26F3NO4/c1-14(2,3)24-13(23)20-15(4,12(21)22)9-10-5-7-11(8-6-10)16(17,18)19/h10-11H,5-9H2,1-4H3,(H,20,23)(H,21,22). The van der Waals surface area contributed by atoms with Crippen LogP contribution in [0.25, 0.3) is 0 Å². The molecule has 24 heavy (non-hydrogen) atoms. The number of ether oxygens (including phenoxy) is 1. The summed E-state index contributed by atoms with van der Waals surface area (Å²) in [6.07, 6.45) is -4.39. The molecule has 0 aromatic rings. The molecule has 1 saturated carbocycles. The van der Waals surface area contributed by atoms with Gasteiger partial charge in [0.25, 0.3) is 0 Å². The average Bonchev–Trinajstić information content (AvgIpc) is 2.35. The monoisotopic (exact) mass is 353 g/mol. The van der Waals surface area contributed by atoms with Crippen molar-refractivity contribution in [1.82, 2.24) is 5.32 Å². The van der Waals surface area contributed by atoms with Crippen molar-refractivity contribution in [2.24, 2.45) is 11.8 Å². The highest BCUT2D eigenvalue weighted by Crippen LogP contribution is 2.41. The minimum atomic E-state index is -4.20. The maximum Gasteiger partial charge on any atom is 0.408 e. The second-order valence-electron chi connectivity index (χ2n) is 7.73. The Labute approximate surface area is 139 Å². The van der Waals surface area contributed by atoms with Gasteiger partial charge in [-0.2, -0.15) is 13.2 Å². The van der Waals surface area contributed by atoms with Gasteiger partial charge in [0.2, 0.25) is 0 Å². The van der Waals surface area contributed by atoms with Gasteiger partial charge < -0.3 is 15.2 Å². The first-order chi connectivity index (χ1) is 10.7. The Hall–Kier alpha value is -1.47. The van der Waals surface area contributed by atoms with Crippen LogP contribution in [0, 0.1) is 11.8 Å². The first-order valence-electron chi connectivity index (χ1n) is 8.04. The number of amides is 1. The lowest BCUT2D eigenvalue weighted by Gasteiger charge is -2.35. The third kappa shape index (κ3) is 6.20. The number of rotatable bonds is 4. The van der Waals surface area contributed by atoms with Crippen LogP contribution >= 0.6 is 0 Å². The summed E-state index contributed by atoms with van der Waals surface area (Å²) in [7, 11) is 0. The van der Waals surface area contributed by atoms with E-state index < -0.39 is 35.3 Å². The molecule has 2 N–H and O–H groups in total. The number of nitrogens with one attached hydrogen (secondary N) is 1. The van der Waals surface area contributed by atoms with Crippen LogP contribution in [-0.2, 0) is 9.53 Å². The van der Waals surface area contributed by atoms with Gasteiger partial charge in [-0.15, -0.1) is 0 Å². The number of carbonyl (C=O) groups is 2. The van der Waals surface area contributed by atoms with Crippen molar-refractivity contribution in [3.63, 3.8) is 0 Å². The molecule has 0 radical (unpaired) electrons. The molecule has 1 amide bonds. The predicted octanol–water partition coefficient (Wildman–Crippen LogP) is 4.11. The van der Waals surface area contributed by atoms with Gasteiger partial charge >= 0.3 is 18.2 Å². The van der Waals surface area contributed by atoms with Crippen molar-refractivity contribution in [3.05, 3.63) is 0 Å². The fourth-order valence-corrected chi connectivity index (χ4v) is 2.99. The van der Waals surface area contributed by atoms with Crippen molar-refractivity contribution in [3.8, 4) is 0 Å². The zero-order valence-corrected chi connectivity index (χ0v) is 14.5. The van der Waals surface area contributed by atoms with Crippen molar-refractivity contribution in [1.29, 1.82) is 0 Å². The van der Waals surface area contributed by atoms with Crippen LogP contribution in [0.3, 0.4) is 0 Å². The number of carboxylic acids is 1. The van der Waals surface area contributed by atoms with Gasteiger partial charge in [-0.3, -0.25) is 0 Å². The zero-order chi connectivity index (χ0) is 18.8. The third-order valence-electron chi connectivity index (χ3n) is 4.26. The average molecular weight is 353 g/mol. The number of carboxylic acid groups (broad SMARTS) is 1. The first-order valence-corrected chi connectivity index (χ1v) is 8.04. The molecule has 0 aromatic carbocycles. The van der Waals surface area contributed by atoms with E-state index in [2.05, 4.69) is 5.32 Å². The van der Waals surface area contributed by atoms with Crippen LogP contribution in [0.2, 0.25) is 0 Å². The number of alkyl halides is 3. The van der Waals surface area contributed by atoms with Crippen LogP contribution in [-0.4, -0.2) is 34.5 Å². The Kier molecular flexibility index (Phi) is 6.16. The Morgan fingerprint density at radius 1 is 1.08 bits per heavy atom. The van der Waals surface area contributed by atoms with E-state index >= 15 is 0 Å². The van der Waals surface area contributed by atoms with Crippen LogP contribution in [0.4, 0.5) is 18.0 Å². The molecule has 0 aromatic heterocycles. The molecule has 1 fully saturated rings. The minimum Gasteiger partial charge on any atom is -0.480 e. The summed E-state index contributed by atoms with van der Waals surface area (Å²) >= 11 is 0. The Balaban J connectivity index is 2.67. The van der Waals surface area contributed by atoms with E-state index in [0.29, 0.717) is 12.8 Å². The summed E-state index contributed by atoms with van der Waals surface area (Å²) in [5.41, 5.74) is -2.34. The van der Waals surface area contributed by atoms with Gasteiger partial charge in [0.05, 0.1) is 5.92 Å². The molecule has 1 rings (SSSR count). The summed E-state index contributed by atoms with van der Waals surface area (Å²) in [6, 6.07) is 0. The molecule has 0 saturated heterocycles. The molecule has 1 aliphatic rings. The molecule has 1 unspecified atom stereocenters. The molecular formula is C16H26F3NO4. The molecular weight excluding hydrogens is 327 g/mol. The molecule has 0 heterocycles. The second kappa shape index (κ2) is 7.19. The summed E-state index contributed by atoms with van der Waals surface area (Å²) in [5, 5.41) is 11.8. The maximum atomic E-state index is 12.7. The lowest BCUT2D eigenvalue weighted by molar-refractivity contribution is -0.184. The van der Waals surface area contributed by atoms with Crippen LogP contribution in [0.1, 0.15) is 59.8 Å². The highest BCUT2D eigenvalue weighted by molar-refractivity contribution is 5.84. The molecule has 1 atom stereocenters. The van der Waals surface area contributed by atoms with E-state index in [9.17, 15) is 27.9 Å². The lowest BCUT2D eigenvalue weighted by Crippen LogP contribution is -2.54. The molecule has 1 aliphatic carbocycles. The molecule has 140 valence electrons. The summed E-state index contributed by atoms with van der Waals surface area (Å²) in [6.45, 7) is 6.32. The number of alkyl carbamates (subject to hydrolysis) is 1. The second-order valence-corrected chi connectivity index (χ2v) is 7.73. The summed E-state index contributed by atoms with van der Waals surface area (Å²) in [4.78, 5) is 23.4. The number of hydrogen-bond acceptors (Lipinski definition) is 3. The Morgan fingerprint density at radius 2 is 1.58 bits per heavy atom. The minimum absolute atomic E-state index is 0.00367. The van der Waals surface area contributed by atoms with Crippen LogP contribution in [0.15, 0.2) is 0 Å². The maximum absolute atomic E-state index is 12.7. The van der Waals surface area contributed by atoms with Crippen molar-refractivity contribution in [2.45, 2.75) is 77.1 Å². The Bertz CT molecular complexity index is 465. The number of halogens is 3. The highest BCUT2D eigenvalue weighted by Gasteiger charge is 2.44. The normalized spacial score (nSPS) is 24.8. The zero-order valence-electron chi connectivity index (χ0n) is 14.5. The lowest BCUT2D eigenvalue weighted by atomic mass is 9.76.